The van der Waals surface area contributed by atoms with E-state index in [1.54, 1.807) is 4.68 Å². The molecule has 8 rings (SSSR count). The van der Waals surface area contributed by atoms with Gasteiger partial charge in [-0.1, -0.05) is 60.3 Å². The minimum Gasteiger partial charge on any atom is -1.00 e. The minimum absolute atomic E-state index is 0. The Balaban J connectivity index is -0.000000334. The molecule has 4 aromatic carbocycles. The molecule has 61 heavy (non-hydrogen) atoms. The SMILES string of the molecule is C.CI.Cc1ccc(Br)c2[nH]ncc12.Cc1ccc(Br)c2nn(C)cc12.Cc1ccc(C#N)c2nn(C)cc12.Cc1ccc(CN)c2nn(C)cc12.O=CO[O-].[C-]#N.[Cs+].[Cs+].[Cu+].[H-]. The molecule has 0 saturated carbocycles. The van der Waals surface area contributed by atoms with E-state index in [4.69, 9.17) is 32.9 Å². The van der Waals surface area contributed by atoms with Crippen molar-refractivity contribution in [3.8, 4) is 6.07 Å². The monoisotopic (exact) mass is 1350 g/mol. The number of nitriles is 1. The predicted molar refractivity (Wildman–Crippen MR) is 245 cm³/mol. The summed E-state index contributed by atoms with van der Waals surface area (Å²) in [7, 11) is 5.73. The third kappa shape index (κ3) is 18.7. The Kier molecular flexibility index (Phi) is 35.9. The van der Waals surface area contributed by atoms with Gasteiger partial charge in [0, 0.05) is 76.8 Å². The van der Waals surface area contributed by atoms with E-state index in [0.29, 0.717) is 12.1 Å². The minimum atomic E-state index is -0.181. The van der Waals surface area contributed by atoms with E-state index < -0.39 is 0 Å². The topological polar surface area (TPSA) is 205 Å². The number of nitrogens with two attached hydrogens (primary N) is 1. The molecule has 0 amide bonds. The number of fused-ring (bicyclic) bond motifs is 4. The van der Waals surface area contributed by atoms with E-state index in [0.717, 1.165) is 47.5 Å². The number of carbonyl (C=O) groups excluding carboxylic acids is 1. The number of halogens is 3. The zero-order valence-electron chi connectivity index (χ0n) is 36.0. The van der Waals surface area contributed by atoms with Gasteiger partial charge in [0.05, 0.1) is 22.8 Å². The molecular weight excluding hydrogens is 1310 g/mol. The number of benzene rings is 4. The third-order valence-corrected chi connectivity index (χ3v) is 9.52. The van der Waals surface area contributed by atoms with Crippen molar-refractivity contribution >= 4 is 105 Å². The van der Waals surface area contributed by atoms with Gasteiger partial charge in [0.25, 0.3) is 6.47 Å². The van der Waals surface area contributed by atoms with Gasteiger partial charge in [-0.3, -0.25) is 23.9 Å². The molecule has 0 saturated heterocycles. The molecule has 0 aliphatic rings. The second-order valence-corrected chi connectivity index (χ2v) is 13.8. The Morgan fingerprint density at radius 1 is 0.787 bits per heavy atom. The number of alkyl halides is 1. The number of hydrogen-bond donors (Lipinski definition) is 2. The number of aromatic amines is 1. The molecule has 8 aromatic rings. The van der Waals surface area contributed by atoms with E-state index in [1.807, 2.05) is 97.5 Å². The van der Waals surface area contributed by atoms with Gasteiger partial charge in [-0.25, -0.2) is 0 Å². The van der Waals surface area contributed by atoms with Crippen LogP contribution in [0.15, 0.2) is 82.3 Å². The zero-order valence-corrected chi connectivity index (χ0v) is 53.8. The molecular formula is C41H47Br2Cs2CuIN11O3. The first-order valence-electron chi connectivity index (χ1n) is 16.8. The first kappa shape index (κ1) is 64.7. The summed E-state index contributed by atoms with van der Waals surface area (Å²) in [6.45, 7) is 13.4. The molecule has 0 atom stereocenters. The fourth-order valence-corrected chi connectivity index (χ4v) is 6.33. The van der Waals surface area contributed by atoms with Crippen molar-refractivity contribution in [2.75, 3.05) is 4.93 Å². The Morgan fingerprint density at radius 3 is 1.62 bits per heavy atom. The van der Waals surface area contributed by atoms with Gasteiger partial charge in [-0.15, -0.1) is 0 Å². The van der Waals surface area contributed by atoms with Gasteiger partial charge in [-0.2, -0.15) is 25.7 Å². The van der Waals surface area contributed by atoms with E-state index in [-0.39, 0.29) is 170 Å². The molecule has 20 heteroatoms. The van der Waals surface area contributed by atoms with Gasteiger partial charge in [0.1, 0.15) is 17.1 Å². The first-order chi connectivity index (χ1) is 27.3. The average molecular weight is 1360 g/mol. The van der Waals surface area contributed by atoms with Crippen molar-refractivity contribution in [2.45, 2.75) is 41.7 Å². The Bertz CT molecular complexity index is 2550. The second kappa shape index (κ2) is 33.9. The van der Waals surface area contributed by atoms with Crippen LogP contribution in [-0.4, -0.2) is 50.9 Å². The van der Waals surface area contributed by atoms with Crippen LogP contribution in [0.5, 0.6) is 0 Å². The molecule has 14 nitrogen and oxygen atoms in total. The average Bonchev–Trinajstić information content (AvgIpc) is 4.04. The maximum atomic E-state index is 8.84. The fourth-order valence-electron chi connectivity index (χ4n) is 5.48. The molecule has 0 spiro atoms. The first-order valence-corrected chi connectivity index (χ1v) is 20.5. The number of aromatic nitrogens is 8. The van der Waals surface area contributed by atoms with Crippen LogP contribution in [0.1, 0.15) is 42.2 Å². The maximum absolute atomic E-state index is 8.84. The normalized spacial score (nSPS) is 9.08. The standard InChI is InChI=1S/C10H13N3.C10H9N3.C9H9BrN2.C8H7BrN2.CH3I.CN.CH2O3.CH4.2Cs.Cu.H/c2*1-7-3-4-8(5-11)10-9(7)6-13(2)12-10;1-6-3-4-8(10)9-7(6)5-12(2)11-9;1-5-2-3-7(9)8-6(5)4-10-11-8;2*1-2;2-1-4-3;;;;;/h3-4,6H,5,11H2,1-2H3;3-4,6H,1-2H3;3-5H,1-2H3;2-4H,1H3,(H,10,11);1H3;;1,3H;1H4;;;;/q;;;;;-1;;;3*+1;-1/p-1. The molecule has 0 aliphatic carbocycles. The molecule has 0 bridgehead atoms. The van der Waals surface area contributed by atoms with Crippen molar-refractivity contribution in [3.05, 3.63) is 122 Å². The quantitative estimate of drug-likeness (QED) is 0.0493. The number of carbonyl (C=O) groups is 1. The van der Waals surface area contributed by atoms with E-state index in [9.17, 15) is 0 Å². The Morgan fingerprint density at radius 2 is 1.18 bits per heavy atom. The Hall–Kier alpha value is -0.557. The number of nitrogens with one attached hydrogen (secondary N) is 1. The number of nitrogens with zero attached hydrogens (tertiary/aromatic N) is 9. The van der Waals surface area contributed by atoms with Crippen LogP contribution in [0.2, 0.25) is 0 Å². The summed E-state index contributed by atoms with van der Waals surface area (Å²) in [5.41, 5.74) is 16.2. The summed E-state index contributed by atoms with van der Waals surface area (Å²) in [6, 6.07) is 18.2. The zero-order chi connectivity index (χ0) is 42.8. The van der Waals surface area contributed by atoms with Gasteiger partial charge < -0.3 is 29.1 Å². The van der Waals surface area contributed by atoms with Crippen LogP contribution in [0.4, 0.5) is 0 Å². The van der Waals surface area contributed by atoms with Crippen molar-refractivity contribution < 1.29 is 171 Å². The third-order valence-electron chi connectivity index (χ3n) is 8.22. The van der Waals surface area contributed by atoms with E-state index in [2.05, 4.69) is 130 Å². The van der Waals surface area contributed by atoms with Crippen molar-refractivity contribution in [3.63, 3.8) is 0 Å². The van der Waals surface area contributed by atoms with Gasteiger partial charge in [0.2, 0.25) is 0 Å². The van der Waals surface area contributed by atoms with Crippen molar-refractivity contribution in [1.29, 1.82) is 10.5 Å². The van der Waals surface area contributed by atoms with Crippen LogP contribution in [0, 0.1) is 50.9 Å². The van der Waals surface area contributed by atoms with E-state index >= 15 is 0 Å². The van der Waals surface area contributed by atoms with Crippen molar-refractivity contribution in [1.82, 2.24) is 39.5 Å². The summed E-state index contributed by atoms with van der Waals surface area (Å²) < 4.78 is 7.52. The largest absolute Gasteiger partial charge is 1.00 e. The van der Waals surface area contributed by atoms with Crippen LogP contribution in [0.25, 0.3) is 43.6 Å². The number of rotatable bonds is 2. The smallest absolute Gasteiger partial charge is 1.00 e. The second-order valence-electron chi connectivity index (χ2n) is 12.1. The van der Waals surface area contributed by atoms with Crippen LogP contribution in [0.3, 0.4) is 0 Å². The van der Waals surface area contributed by atoms with Gasteiger partial charge >= 0.3 is 155 Å². The van der Waals surface area contributed by atoms with Crippen LogP contribution < -0.4 is 149 Å². The number of hydrogen-bond acceptors (Lipinski definition) is 10. The summed E-state index contributed by atoms with van der Waals surface area (Å²) in [5, 5.41) is 48.0. The number of H-pyrrole nitrogens is 1. The van der Waals surface area contributed by atoms with Crippen molar-refractivity contribution in [2.24, 2.45) is 26.9 Å². The van der Waals surface area contributed by atoms with Crippen LogP contribution >= 0.6 is 54.5 Å². The maximum Gasteiger partial charge on any atom is 1.00 e. The molecule has 318 valence electrons. The molecule has 3 N–H and O–H groups in total. The summed E-state index contributed by atoms with van der Waals surface area (Å²) in [5.74, 6) is 0. The summed E-state index contributed by atoms with van der Waals surface area (Å²) in [6.07, 6.45) is 7.85. The molecule has 4 aromatic heterocycles. The summed E-state index contributed by atoms with van der Waals surface area (Å²) in [4.78, 5) is 13.2. The molecule has 0 unspecified atom stereocenters. The number of aryl methyl sites for hydroxylation is 7. The van der Waals surface area contributed by atoms with Gasteiger partial charge in [0.15, 0.2) is 0 Å². The molecule has 0 aliphatic heterocycles. The molecule has 0 fully saturated rings. The predicted octanol–water partition coefficient (Wildman–Crippen LogP) is 2.71. The molecule has 4 heterocycles. The fraction of sp³-hybridized carbons (Fsp3) is 0.244. The van der Waals surface area contributed by atoms with Crippen LogP contribution in [-0.2, 0) is 54.4 Å². The van der Waals surface area contributed by atoms with E-state index in [1.165, 1.54) is 32.8 Å². The summed E-state index contributed by atoms with van der Waals surface area (Å²) >= 11 is 9.06. The van der Waals surface area contributed by atoms with Gasteiger partial charge in [-0.05, 0) is 111 Å². The molecule has 0 radical (unpaired) electrons. The Labute approximate surface area is 517 Å².